The van der Waals surface area contributed by atoms with Crippen LogP contribution in [0.15, 0.2) is 0 Å². The van der Waals surface area contributed by atoms with E-state index in [4.69, 9.17) is 8.42 Å². The lowest BCUT2D eigenvalue weighted by Gasteiger charge is -1.07. The Bertz CT molecular complexity index is 28.6. The molecule has 0 aromatic carbocycles. The van der Waals surface area contributed by atoms with Crippen molar-refractivity contribution in [1.29, 1.82) is 0 Å². The average molecular weight is 139 g/mol. The fourth-order valence-electron chi connectivity index (χ4n) is 0. The molecule has 0 spiro atoms. The lowest BCUT2D eigenvalue weighted by Crippen LogP contribution is -1.18. The first kappa shape index (κ1) is 17.7. The van der Waals surface area contributed by atoms with Crippen LogP contribution in [0, 0.1) is 0 Å². The molecule has 5 heteroatoms. The zero-order valence-corrected chi connectivity index (χ0v) is 4.77. The Morgan fingerprint density at radius 3 is 1.00 bits per heavy atom. The molecule has 0 heterocycles. The van der Waals surface area contributed by atoms with E-state index < -0.39 is 11.6 Å². The molecular formula is H4Cl2O2S. The number of halogens is 2. The standard InChI is InChI=1S/2ClH.H2O2S/c;;1-3-2/h2*1H;3H2. The lowest BCUT2D eigenvalue weighted by atomic mass is 15.9. The molecule has 0 rings (SSSR count). The molecule has 0 unspecified atom stereocenters. The van der Waals surface area contributed by atoms with Crippen LogP contribution >= 0.6 is 24.8 Å². The third-order valence-electron chi connectivity index (χ3n) is 0. The first-order valence-corrected chi connectivity index (χ1v) is 1.22. The summed E-state index contributed by atoms with van der Waals surface area (Å²) in [6, 6.07) is 0. The van der Waals surface area contributed by atoms with Crippen LogP contribution in [0.4, 0.5) is 0 Å². The second kappa shape index (κ2) is 24.1. The third kappa shape index (κ3) is 103. The van der Waals surface area contributed by atoms with Gasteiger partial charge < -0.3 is 0 Å². The Hall–Kier alpha value is 0.530. The smallest absolute Gasteiger partial charge is 0.129 e. The summed E-state index contributed by atoms with van der Waals surface area (Å²) in [5.74, 6) is 0. The molecule has 0 radical (unpaired) electrons. The number of hydrogen-bond acceptors (Lipinski definition) is 2. The van der Waals surface area contributed by atoms with Crippen LogP contribution in [0.25, 0.3) is 0 Å². The normalized spacial score (nSPS) is 3.20. The van der Waals surface area contributed by atoms with Gasteiger partial charge in [0.05, 0.1) is 0 Å². The van der Waals surface area contributed by atoms with E-state index >= 15 is 0 Å². The highest BCUT2D eigenvalue weighted by molar-refractivity contribution is 7.51. The van der Waals surface area contributed by atoms with Gasteiger partial charge in [-0.25, -0.2) is 8.42 Å². The molecule has 2 nitrogen and oxygen atoms in total. The first-order valence-electron chi connectivity index (χ1n) is 0.408. The van der Waals surface area contributed by atoms with Crippen molar-refractivity contribution in [2.75, 3.05) is 0 Å². The largest absolute Gasteiger partial charge is 0.235 e. The fourth-order valence-corrected chi connectivity index (χ4v) is 0. The predicted molar refractivity (Wildman–Crippen MR) is 26.2 cm³/mol. The van der Waals surface area contributed by atoms with Crippen molar-refractivity contribution in [3.8, 4) is 0 Å². The molecule has 0 aliphatic rings. The lowest BCUT2D eigenvalue weighted by molar-refractivity contribution is 0.630. The second-order valence-electron chi connectivity index (χ2n) is 0.0833. The molecule has 0 aromatic heterocycles. The predicted octanol–water partition coefficient (Wildman–Crippen LogP) is -0.362. The van der Waals surface area contributed by atoms with Crippen LogP contribution in [-0.2, 0) is 11.6 Å². The molecule has 0 amide bonds. The van der Waals surface area contributed by atoms with Crippen molar-refractivity contribution >= 4 is 36.4 Å². The first-order chi connectivity index (χ1) is 1.41. The van der Waals surface area contributed by atoms with Gasteiger partial charge in [0.1, 0.15) is 11.6 Å². The maximum Gasteiger partial charge on any atom is 0.129 e. The van der Waals surface area contributed by atoms with Crippen LogP contribution in [0.3, 0.4) is 0 Å². The molecule has 0 atom stereocenters. The van der Waals surface area contributed by atoms with Gasteiger partial charge >= 0.3 is 0 Å². The summed E-state index contributed by atoms with van der Waals surface area (Å²) < 4.78 is 16.8. The third-order valence-corrected chi connectivity index (χ3v) is 0. The summed E-state index contributed by atoms with van der Waals surface area (Å²) in [4.78, 5) is 0. The quantitative estimate of drug-likeness (QED) is 0.459. The van der Waals surface area contributed by atoms with Gasteiger partial charge in [0.25, 0.3) is 0 Å². The van der Waals surface area contributed by atoms with E-state index in [0.717, 1.165) is 0 Å². The molecule has 0 saturated heterocycles. The van der Waals surface area contributed by atoms with Crippen LogP contribution in [-0.4, -0.2) is 8.42 Å². The van der Waals surface area contributed by atoms with Gasteiger partial charge in [-0.3, -0.25) is 0 Å². The van der Waals surface area contributed by atoms with E-state index in [1.165, 1.54) is 0 Å². The molecular weight excluding hydrogens is 135 g/mol. The van der Waals surface area contributed by atoms with Crippen LogP contribution in [0.5, 0.6) is 0 Å². The minimum absolute atomic E-state index is 0. The van der Waals surface area contributed by atoms with E-state index in [1.54, 1.807) is 0 Å². The van der Waals surface area contributed by atoms with Crippen LogP contribution in [0.2, 0.25) is 0 Å². The summed E-state index contributed by atoms with van der Waals surface area (Å²) in [5.41, 5.74) is 0. The van der Waals surface area contributed by atoms with Gasteiger partial charge in [0.15, 0.2) is 0 Å². The van der Waals surface area contributed by atoms with Crippen molar-refractivity contribution in [2.24, 2.45) is 0 Å². The van der Waals surface area contributed by atoms with Crippen molar-refractivity contribution < 1.29 is 8.42 Å². The van der Waals surface area contributed by atoms with E-state index in [2.05, 4.69) is 0 Å². The highest BCUT2D eigenvalue weighted by Crippen LogP contribution is 0.846. The van der Waals surface area contributed by atoms with Crippen molar-refractivity contribution in [2.45, 2.75) is 0 Å². The summed E-state index contributed by atoms with van der Waals surface area (Å²) in [7, 11) is 0. The van der Waals surface area contributed by atoms with Crippen molar-refractivity contribution in [3.63, 3.8) is 0 Å². The molecule has 0 N–H and O–H groups in total. The minimum atomic E-state index is -1.42. The maximum absolute atomic E-state index is 8.40. The van der Waals surface area contributed by atoms with E-state index in [0.29, 0.717) is 0 Å². The van der Waals surface area contributed by atoms with Gasteiger partial charge in [-0.2, -0.15) is 0 Å². The number of rotatable bonds is 0. The fraction of sp³-hybridized carbons (Fsp3) is 0. The topological polar surface area (TPSA) is 34.1 Å². The van der Waals surface area contributed by atoms with E-state index in [1.807, 2.05) is 0 Å². The summed E-state index contributed by atoms with van der Waals surface area (Å²) in [5, 5.41) is 0. The Labute approximate surface area is 45.4 Å². The Balaban J connectivity index is -0.0000000200. The van der Waals surface area contributed by atoms with Crippen LogP contribution in [0.1, 0.15) is 0 Å². The van der Waals surface area contributed by atoms with Gasteiger partial charge in [-0.15, -0.1) is 24.8 Å². The van der Waals surface area contributed by atoms with Crippen molar-refractivity contribution in [3.05, 3.63) is 0 Å². The monoisotopic (exact) mass is 138 g/mol. The highest BCUT2D eigenvalue weighted by atomic mass is 35.5. The maximum atomic E-state index is 8.40. The molecule has 0 aliphatic heterocycles. The summed E-state index contributed by atoms with van der Waals surface area (Å²) in [6.07, 6.45) is 0. The Morgan fingerprint density at radius 2 is 1.00 bits per heavy atom. The zero-order valence-electron chi connectivity index (χ0n) is 2.13. The molecule has 0 bridgehead atoms. The average Bonchev–Trinajstić information content (AvgIpc) is 0.918. The summed E-state index contributed by atoms with van der Waals surface area (Å²) in [6.45, 7) is 0. The van der Waals surface area contributed by atoms with E-state index in [9.17, 15) is 0 Å². The van der Waals surface area contributed by atoms with E-state index in [-0.39, 0.29) is 24.8 Å². The molecule has 36 valence electrons. The second-order valence-corrected chi connectivity index (χ2v) is 0.250. The molecule has 0 saturated carbocycles. The number of hydrogen-bond donors (Lipinski definition) is 0. The van der Waals surface area contributed by atoms with Gasteiger partial charge in [0.2, 0.25) is 0 Å². The van der Waals surface area contributed by atoms with Gasteiger partial charge in [-0.1, -0.05) is 0 Å². The Morgan fingerprint density at radius 1 is 1.00 bits per heavy atom. The molecule has 0 aliphatic carbocycles. The van der Waals surface area contributed by atoms with Gasteiger partial charge in [-0.05, 0) is 0 Å². The minimum Gasteiger partial charge on any atom is -0.235 e. The van der Waals surface area contributed by atoms with Crippen LogP contribution < -0.4 is 0 Å². The zero-order chi connectivity index (χ0) is 2.71. The Kier molecular flexibility index (Phi) is 85.5. The van der Waals surface area contributed by atoms with Gasteiger partial charge in [0, 0.05) is 0 Å². The van der Waals surface area contributed by atoms with Crippen molar-refractivity contribution in [1.82, 2.24) is 0 Å². The molecule has 0 aromatic rings. The SMILES string of the molecule is Cl.Cl.O=[SH2]=O. The molecule has 5 heavy (non-hydrogen) atoms. The summed E-state index contributed by atoms with van der Waals surface area (Å²) >= 11 is -1.42. The highest BCUT2D eigenvalue weighted by Gasteiger charge is 0.964. The molecule has 0 fully saturated rings.